The Morgan fingerprint density at radius 1 is 1.20 bits per heavy atom. The van der Waals surface area contributed by atoms with E-state index in [0.717, 1.165) is 0 Å². The SMILES string of the molecule is CC(C)CN(C(=O)NC(CCC(N)=O)C(=O)O)C(C)C. The molecule has 116 valence electrons. The van der Waals surface area contributed by atoms with Crippen LogP contribution >= 0.6 is 0 Å². The highest BCUT2D eigenvalue weighted by Crippen LogP contribution is 2.06. The highest BCUT2D eigenvalue weighted by Gasteiger charge is 2.25. The van der Waals surface area contributed by atoms with Gasteiger partial charge in [-0.2, -0.15) is 0 Å². The lowest BCUT2D eigenvalue weighted by atomic mass is 10.1. The Hall–Kier alpha value is -1.79. The Morgan fingerprint density at radius 2 is 1.75 bits per heavy atom. The van der Waals surface area contributed by atoms with Gasteiger partial charge in [-0.1, -0.05) is 13.8 Å². The summed E-state index contributed by atoms with van der Waals surface area (Å²) in [6.45, 7) is 8.21. The number of amides is 3. The van der Waals surface area contributed by atoms with Crippen molar-refractivity contribution in [3.8, 4) is 0 Å². The molecule has 0 aromatic carbocycles. The van der Waals surface area contributed by atoms with Crippen molar-refractivity contribution in [1.29, 1.82) is 0 Å². The molecule has 1 unspecified atom stereocenters. The van der Waals surface area contributed by atoms with E-state index in [9.17, 15) is 14.4 Å². The third-order valence-corrected chi connectivity index (χ3v) is 2.72. The normalized spacial score (nSPS) is 12.3. The number of nitrogens with one attached hydrogen (secondary N) is 1. The second kappa shape index (κ2) is 8.39. The maximum Gasteiger partial charge on any atom is 0.326 e. The molecule has 7 heteroatoms. The zero-order valence-electron chi connectivity index (χ0n) is 12.5. The number of carbonyl (C=O) groups excluding carboxylic acids is 2. The molecule has 3 amide bonds. The highest BCUT2D eigenvalue weighted by molar-refractivity contribution is 5.83. The fraction of sp³-hybridized carbons (Fsp3) is 0.769. The number of primary amides is 1. The summed E-state index contributed by atoms with van der Waals surface area (Å²) in [6.07, 6.45) is -0.0902. The van der Waals surface area contributed by atoms with Crippen molar-refractivity contribution in [3.05, 3.63) is 0 Å². The summed E-state index contributed by atoms with van der Waals surface area (Å²) >= 11 is 0. The highest BCUT2D eigenvalue weighted by atomic mass is 16.4. The molecule has 4 N–H and O–H groups in total. The van der Waals surface area contributed by atoms with E-state index < -0.39 is 23.9 Å². The van der Waals surface area contributed by atoms with E-state index >= 15 is 0 Å². The van der Waals surface area contributed by atoms with Gasteiger partial charge < -0.3 is 21.1 Å². The van der Waals surface area contributed by atoms with Crippen molar-refractivity contribution in [3.63, 3.8) is 0 Å². The molecule has 0 fully saturated rings. The number of nitrogens with zero attached hydrogens (tertiary/aromatic N) is 1. The van der Waals surface area contributed by atoms with Crippen molar-refractivity contribution in [2.24, 2.45) is 11.7 Å². The van der Waals surface area contributed by atoms with Crippen LogP contribution in [0.3, 0.4) is 0 Å². The smallest absolute Gasteiger partial charge is 0.326 e. The molecule has 0 spiro atoms. The molecule has 20 heavy (non-hydrogen) atoms. The number of hydrogen-bond acceptors (Lipinski definition) is 3. The Labute approximate surface area is 119 Å². The maximum atomic E-state index is 12.1. The van der Waals surface area contributed by atoms with Gasteiger partial charge in [0.1, 0.15) is 6.04 Å². The number of hydrogen-bond donors (Lipinski definition) is 3. The lowest BCUT2D eigenvalue weighted by Crippen LogP contribution is -2.51. The van der Waals surface area contributed by atoms with Crippen molar-refractivity contribution in [1.82, 2.24) is 10.2 Å². The number of nitrogens with two attached hydrogens (primary N) is 1. The van der Waals surface area contributed by atoms with Gasteiger partial charge >= 0.3 is 12.0 Å². The van der Waals surface area contributed by atoms with Gasteiger partial charge in [-0.15, -0.1) is 0 Å². The van der Waals surface area contributed by atoms with Gasteiger partial charge in [-0.05, 0) is 26.2 Å². The molecule has 0 aliphatic carbocycles. The second-order valence-electron chi connectivity index (χ2n) is 5.49. The average molecular weight is 287 g/mol. The third kappa shape index (κ3) is 6.96. The Balaban J connectivity index is 4.70. The van der Waals surface area contributed by atoms with Gasteiger partial charge in [0.25, 0.3) is 0 Å². The minimum atomic E-state index is -1.17. The number of carboxylic acid groups (broad SMARTS) is 1. The molecule has 0 rings (SSSR count). The van der Waals surface area contributed by atoms with Gasteiger partial charge in [0.05, 0.1) is 0 Å². The zero-order chi connectivity index (χ0) is 15.9. The van der Waals surface area contributed by atoms with E-state index in [-0.39, 0.29) is 24.8 Å². The van der Waals surface area contributed by atoms with Gasteiger partial charge in [-0.3, -0.25) is 4.79 Å². The van der Waals surface area contributed by atoms with Gasteiger partial charge in [-0.25, -0.2) is 9.59 Å². The molecule has 0 radical (unpaired) electrons. The molecule has 0 aliphatic rings. The van der Waals surface area contributed by atoms with E-state index in [1.165, 1.54) is 0 Å². The quantitative estimate of drug-likeness (QED) is 0.612. The monoisotopic (exact) mass is 287 g/mol. The first-order valence-corrected chi connectivity index (χ1v) is 6.73. The molecule has 0 bridgehead atoms. The van der Waals surface area contributed by atoms with E-state index in [0.29, 0.717) is 6.54 Å². The maximum absolute atomic E-state index is 12.1. The fourth-order valence-corrected chi connectivity index (χ4v) is 1.70. The molecule has 0 aromatic heterocycles. The van der Waals surface area contributed by atoms with Crippen molar-refractivity contribution < 1.29 is 19.5 Å². The van der Waals surface area contributed by atoms with Crippen LogP contribution in [0.4, 0.5) is 4.79 Å². The van der Waals surface area contributed by atoms with Crippen molar-refractivity contribution in [2.45, 2.75) is 52.6 Å². The van der Waals surface area contributed by atoms with Crippen LogP contribution in [-0.2, 0) is 9.59 Å². The second-order valence-corrected chi connectivity index (χ2v) is 5.49. The lowest BCUT2D eigenvalue weighted by molar-refractivity contribution is -0.139. The van der Waals surface area contributed by atoms with Gasteiger partial charge in [0.2, 0.25) is 5.91 Å². The number of aliphatic carboxylic acids is 1. The molecule has 0 saturated carbocycles. The van der Waals surface area contributed by atoms with Crippen LogP contribution < -0.4 is 11.1 Å². The topological polar surface area (TPSA) is 113 Å². The van der Waals surface area contributed by atoms with Gasteiger partial charge in [0.15, 0.2) is 0 Å². The van der Waals surface area contributed by atoms with E-state index in [1.807, 2.05) is 27.7 Å². The summed E-state index contributed by atoms with van der Waals surface area (Å²) in [5, 5.41) is 11.5. The fourth-order valence-electron chi connectivity index (χ4n) is 1.70. The summed E-state index contributed by atoms with van der Waals surface area (Å²) in [4.78, 5) is 35.5. The van der Waals surface area contributed by atoms with Crippen LogP contribution in [0.25, 0.3) is 0 Å². The van der Waals surface area contributed by atoms with E-state index in [2.05, 4.69) is 5.32 Å². The van der Waals surface area contributed by atoms with Crippen LogP contribution in [0.15, 0.2) is 0 Å². The summed E-state index contributed by atoms with van der Waals surface area (Å²) in [7, 11) is 0. The van der Waals surface area contributed by atoms with E-state index in [1.54, 1.807) is 4.90 Å². The first-order valence-electron chi connectivity index (χ1n) is 6.73. The van der Waals surface area contributed by atoms with E-state index in [4.69, 9.17) is 10.8 Å². The van der Waals surface area contributed by atoms with Crippen molar-refractivity contribution >= 4 is 17.9 Å². The number of carboxylic acids is 1. The van der Waals surface area contributed by atoms with Crippen LogP contribution in [0.2, 0.25) is 0 Å². The summed E-state index contributed by atoms with van der Waals surface area (Å²) in [6, 6.07) is -1.59. The standard InChI is InChI=1S/C13H25N3O4/c1-8(2)7-16(9(3)4)13(20)15-10(12(18)19)5-6-11(14)17/h8-10H,5-7H2,1-4H3,(H2,14,17)(H,15,20)(H,18,19). The zero-order valence-corrected chi connectivity index (χ0v) is 12.5. The minimum Gasteiger partial charge on any atom is -0.480 e. The van der Waals surface area contributed by atoms with Crippen molar-refractivity contribution in [2.75, 3.05) is 6.54 Å². The molecule has 0 saturated heterocycles. The number of rotatable bonds is 8. The lowest BCUT2D eigenvalue weighted by Gasteiger charge is -2.30. The Morgan fingerprint density at radius 3 is 2.10 bits per heavy atom. The van der Waals surface area contributed by atoms with Gasteiger partial charge in [0, 0.05) is 19.0 Å². The Bertz CT molecular complexity index is 356. The Kier molecular flexibility index (Phi) is 7.64. The molecule has 0 heterocycles. The average Bonchev–Trinajstić information content (AvgIpc) is 2.29. The number of urea groups is 1. The van der Waals surface area contributed by atoms with Crippen LogP contribution in [0.1, 0.15) is 40.5 Å². The molecule has 7 nitrogen and oxygen atoms in total. The molecule has 0 aromatic rings. The van der Waals surface area contributed by atoms with Crippen LogP contribution in [0, 0.1) is 5.92 Å². The number of carbonyl (C=O) groups is 3. The minimum absolute atomic E-state index is 0.00990. The molecule has 1 atom stereocenters. The molecular formula is C13H25N3O4. The summed E-state index contributed by atoms with van der Waals surface area (Å²) < 4.78 is 0. The predicted molar refractivity (Wildman–Crippen MR) is 75.1 cm³/mol. The van der Waals surface area contributed by atoms with Crippen LogP contribution in [-0.4, -0.2) is 46.5 Å². The first-order chi connectivity index (χ1) is 9.15. The summed E-state index contributed by atoms with van der Waals surface area (Å²) in [5.41, 5.74) is 4.99. The first kappa shape index (κ1) is 18.2. The molecule has 0 aliphatic heterocycles. The third-order valence-electron chi connectivity index (χ3n) is 2.72. The predicted octanol–water partition coefficient (Wildman–Crippen LogP) is 0.781. The van der Waals surface area contributed by atoms with Crippen LogP contribution in [0.5, 0.6) is 0 Å². The summed E-state index contributed by atoms with van der Waals surface area (Å²) in [5.74, 6) is -1.49. The molecular weight excluding hydrogens is 262 g/mol. The largest absolute Gasteiger partial charge is 0.480 e.